The maximum absolute atomic E-state index is 16.0. The molecule has 5 N–H and O–H groups in total. The monoisotopic (exact) mass is 1110 g/mol. The first kappa shape index (κ1) is 60.1. The fourth-order valence-electron chi connectivity index (χ4n) is 8.98. The van der Waals surface area contributed by atoms with E-state index in [0.717, 1.165) is 58.5 Å². The van der Waals surface area contributed by atoms with Gasteiger partial charge >= 0.3 is 31.1 Å². The van der Waals surface area contributed by atoms with Crippen LogP contribution >= 0.6 is 0 Å². The molecule has 6 rings (SSSR count). The summed E-state index contributed by atoms with van der Waals surface area (Å²) in [4.78, 5) is 61.9. The lowest BCUT2D eigenvalue weighted by molar-refractivity contribution is -0.221. The Hall–Kier alpha value is -7.18. The number of fused-ring (bicyclic) bond motifs is 1. The molecule has 2 aromatic heterocycles. The molecule has 2 aliphatic rings. The number of aliphatic hydroxyl groups is 1. The molecule has 2 aromatic carbocycles. The maximum Gasteiger partial charge on any atom is 0.407 e. The zero-order valence-corrected chi connectivity index (χ0v) is 43.2. The molecular weight excluding hydrogens is 1050 g/mol. The second-order valence-electron chi connectivity index (χ2n) is 20.2. The van der Waals surface area contributed by atoms with E-state index < -0.39 is 115 Å². The molecule has 0 spiro atoms. The molecule has 424 valence electrons. The predicted octanol–water partition coefficient (Wildman–Crippen LogP) is 6.56. The second kappa shape index (κ2) is 24.2. The third kappa shape index (κ3) is 14.3. The standard InChI is InChI=1S/C51H58F10N10O7/c1-48(2,50(56,57)58)41(64-46(75)77-6)43(73)63-38(18-29-11-8-28(9-12-29)10-13-30-14-15-40(62-21-30)69-24-32-22-68(5)23-33(32)25-69)39(72)27-70(67-44(74)42(65-47(76)78-7)49(3,4)51(59,60)61)26-34-35(52)19-31(20-36(34)53)37-16-17-71(66-37)45(54)55/h8-9,11-12,14-17,19-21,32-33,38-39,41-42,45,72H,18,22-27H2,1-7H3,(H,63,73)(H,64,75)(H,65,76)(H,67,74)/t32-,33+,38-,39-,41+,42+/m0/s1. The number of alkyl halides is 8. The summed E-state index contributed by atoms with van der Waals surface area (Å²) in [5.41, 5.74) is -4.40. The van der Waals surface area contributed by atoms with Crippen molar-refractivity contribution >= 4 is 29.8 Å². The van der Waals surface area contributed by atoms with Gasteiger partial charge in [0.25, 0.3) is 5.91 Å². The molecule has 78 heavy (non-hydrogen) atoms. The summed E-state index contributed by atoms with van der Waals surface area (Å²) in [6, 6.07) is 5.33. The average molecular weight is 1110 g/mol. The third-order valence-electron chi connectivity index (χ3n) is 13.9. The highest BCUT2D eigenvalue weighted by atomic mass is 19.4. The van der Waals surface area contributed by atoms with Crippen molar-refractivity contribution in [1.29, 1.82) is 0 Å². The number of halogens is 10. The number of likely N-dealkylation sites (tertiary alicyclic amines) is 1. The summed E-state index contributed by atoms with van der Waals surface area (Å²) in [5, 5.41) is 22.0. The number of benzene rings is 2. The molecular formula is C51H58F10N10O7. The van der Waals surface area contributed by atoms with Crippen LogP contribution in [0.2, 0.25) is 0 Å². The largest absolute Gasteiger partial charge is 0.453 e. The van der Waals surface area contributed by atoms with Gasteiger partial charge in [-0.05, 0) is 101 Å². The van der Waals surface area contributed by atoms with Crippen LogP contribution in [-0.4, -0.2) is 144 Å². The zero-order chi connectivity index (χ0) is 57.7. The number of amides is 4. The SMILES string of the molecule is COC(=O)N[C@H](C(=O)N[C@@H](Cc1ccc(C#Cc2ccc(N3C[C@H]4CN(C)C[C@H]4C3)nc2)cc1)[C@@H](O)CN(Cc1c(F)cc(-c2ccn(C(F)F)n2)cc1F)NC(=O)[C@@H](NC(=O)OC)C(C)(C)C(F)(F)F)C(C)(C)C(F)(F)F. The number of anilines is 1. The Kier molecular flexibility index (Phi) is 18.7. The number of pyridine rings is 1. The minimum atomic E-state index is -5.23. The van der Waals surface area contributed by atoms with Crippen LogP contribution in [0.25, 0.3) is 11.3 Å². The van der Waals surface area contributed by atoms with E-state index in [9.17, 15) is 59.4 Å². The lowest BCUT2D eigenvalue weighted by Crippen LogP contribution is -2.63. The quantitative estimate of drug-likeness (QED) is 0.0410. The first-order valence-corrected chi connectivity index (χ1v) is 24.1. The first-order chi connectivity index (χ1) is 36.4. The van der Waals surface area contributed by atoms with E-state index in [0.29, 0.717) is 67.8 Å². The number of ether oxygens (including phenoxy) is 2. The smallest absolute Gasteiger partial charge is 0.407 e. The van der Waals surface area contributed by atoms with Crippen LogP contribution in [0, 0.1) is 46.1 Å². The highest BCUT2D eigenvalue weighted by Crippen LogP contribution is 2.42. The number of rotatable bonds is 18. The fourth-order valence-corrected chi connectivity index (χ4v) is 8.98. The summed E-state index contributed by atoms with van der Waals surface area (Å²) < 4.78 is 155. The Morgan fingerprint density at radius 2 is 1.29 bits per heavy atom. The molecule has 17 nitrogen and oxygen atoms in total. The van der Waals surface area contributed by atoms with Crippen molar-refractivity contribution < 1.29 is 77.7 Å². The van der Waals surface area contributed by atoms with Gasteiger partial charge in [0.1, 0.15) is 29.5 Å². The molecule has 4 heterocycles. The van der Waals surface area contributed by atoms with Crippen molar-refractivity contribution in [3.63, 3.8) is 0 Å². The first-order valence-electron chi connectivity index (χ1n) is 24.1. The lowest BCUT2D eigenvalue weighted by atomic mass is 9.82. The fraction of sp³-hybridized carbons (Fsp3) is 0.490. The molecule has 6 atom stereocenters. The Morgan fingerprint density at radius 1 is 0.769 bits per heavy atom. The molecule has 0 bridgehead atoms. The van der Waals surface area contributed by atoms with E-state index in [1.807, 2.05) is 22.9 Å². The van der Waals surface area contributed by atoms with Crippen molar-refractivity contribution in [1.82, 2.24) is 46.0 Å². The third-order valence-corrected chi connectivity index (χ3v) is 13.9. The number of hydrogen-bond donors (Lipinski definition) is 5. The molecule has 0 aliphatic carbocycles. The predicted molar refractivity (Wildman–Crippen MR) is 261 cm³/mol. The van der Waals surface area contributed by atoms with E-state index in [-0.39, 0.29) is 21.5 Å². The highest BCUT2D eigenvalue weighted by Gasteiger charge is 2.57. The lowest BCUT2D eigenvalue weighted by Gasteiger charge is -2.38. The van der Waals surface area contributed by atoms with Crippen LogP contribution in [-0.2, 0) is 32.0 Å². The summed E-state index contributed by atoms with van der Waals surface area (Å²) in [5.74, 6) is 1.90. The number of alkyl carbamates (subject to hydrolysis) is 2. The Balaban J connectivity index is 1.33. The van der Waals surface area contributed by atoms with Crippen LogP contribution in [0.15, 0.2) is 67.0 Å². The minimum absolute atomic E-state index is 0.198. The normalized spacial score (nSPS) is 17.6. The molecule has 2 saturated heterocycles. The average Bonchev–Trinajstić information content (AvgIpc) is 4.11. The number of methoxy groups -OCH3 is 2. The molecule has 0 radical (unpaired) electrons. The van der Waals surface area contributed by atoms with Crippen molar-refractivity contribution in [2.24, 2.45) is 22.7 Å². The van der Waals surface area contributed by atoms with Gasteiger partial charge in [0.15, 0.2) is 0 Å². The van der Waals surface area contributed by atoms with Gasteiger partial charge in [0.2, 0.25) is 5.91 Å². The Morgan fingerprint density at radius 3 is 1.78 bits per heavy atom. The molecule has 4 aromatic rings. The highest BCUT2D eigenvalue weighted by molar-refractivity contribution is 5.87. The zero-order valence-electron chi connectivity index (χ0n) is 43.2. The number of nitrogens with one attached hydrogen (secondary N) is 4. The molecule has 2 aliphatic heterocycles. The summed E-state index contributed by atoms with van der Waals surface area (Å²) in [6.45, 7) is 0.713. The molecule has 2 fully saturated rings. The van der Waals surface area contributed by atoms with E-state index in [1.165, 1.54) is 12.1 Å². The number of carbonyl (C=O) groups excluding carboxylic acids is 4. The van der Waals surface area contributed by atoms with Gasteiger partial charge in [-0.3, -0.25) is 15.0 Å². The van der Waals surface area contributed by atoms with Gasteiger partial charge in [-0.15, -0.1) is 0 Å². The molecule has 0 unspecified atom stereocenters. The van der Waals surface area contributed by atoms with E-state index >= 15 is 8.78 Å². The Bertz CT molecular complexity index is 2800. The molecule has 0 saturated carbocycles. The van der Waals surface area contributed by atoms with Crippen LogP contribution in [0.5, 0.6) is 0 Å². The van der Waals surface area contributed by atoms with Gasteiger partial charge in [0, 0.05) is 73.9 Å². The van der Waals surface area contributed by atoms with Crippen LogP contribution in [0.3, 0.4) is 0 Å². The Labute approximate surface area is 442 Å². The van der Waals surface area contributed by atoms with Crippen molar-refractivity contribution in [2.45, 2.75) is 83.8 Å². The van der Waals surface area contributed by atoms with Crippen molar-refractivity contribution in [3.05, 3.63) is 101 Å². The number of nitrogens with zero attached hydrogens (tertiary/aromatic N) is 6. The molecule has 4 amide bonds. The maximum atomic E-state index is 16.0. The number of aromatic nitrogens is 3. The van der Waals surface area contributed by atoms with E-state index in [1.54, 1.807) is 23.6 Å². The topological polar surface area (TPSA) is 196 Å². The number of carbonyl (C=O) groups is 4. The van der Waals surface area contributed by atoms with E-state index in [2.05, 4.69) is 53.6 Å². The van der Waals surface area contributed by atoms with E-state index in [4.69, 9.17) is 0 Å². The number of aliphatic hydroxyl groups excluding tert-OH is 1. The number of hydrazine groups is 1. The van der Waals surface area contributed by atoms with Gasteiger partial charge in [-0.25, -0.2) is 33.0 Å². The number of hydrogen-bond acceptors (Lipinski definition) is 12. The summed E-state index contributed by atoms with van der Waals surface area (Å²) in [6.07, 6.45) is -13.5. The van der Waals surface area contributed by atoms with Crippen LogP contribution < -0.4 is 26.3 Å². The summed E-state index contributed by atoms with van der Waals surface area (Å²) in [7, 11) is 3.71. The van der Waals surface area contributed by atoms with Gasteiger partial charge < -0.3 is 40.3 Å². The minimum Gasteiger partial charge on any atom is -0.453 e. The van der Waals surface area contributed by atoms with Crippen LogP contribution in [0.4, 0.5) is 59.3 Å². The van der Waals surface area contributed by atoms with Gasteiger partial charge in [-0.1, -0.05) is 24.0 Å². The van der Waals surface area contributed by atoms with Gasteiger partial charge in [0.05, 0.1) is 42.9 Å². The van der Waals surface area contributed by atoms with Gasteiger partial charge in [-0.2, -0.15) is 40.2 Å². The van der Waals surface area contributed by atoms with Crippen LogP contribution in [0.1, 0.15) is 56.5 Å². The van der Waals surface area contributed by atoms with Crippen molar-refractivity contribution in [3.8, 4) is 23.1 Å². The van der Waals surface area contributed by atoms with Crippen molar-refractivity contribution in [2.75, 3.05) is 58.9 Å². The molecule has 27 heteroatoms. The second-order valence-corrected chi connectivity index (χ2v) is 20.2. The summed E-state index contributed by atoms with van der Waals surface area (Å²) >= 11 is 0.